The van der Waals surface area contributed by atoms with Gasteiger partial charge < -0.3 is 14.7 Å². The molecule has 6 nitrogen and oxygen atoms in total. The van der Waals surface area contributed by atoms with Crippen LogP contribution in [0.4, 0.5) is 0 Å². The summed E-state index contributed by atoms with van der Waals surface area (Å²) < 4.78 is 5.87. The molecule has 0 aliphatic carbocycles. The number of esters is 1. The van der Waals surface area contributed by atoms with Crippen molar-refractivity contribution in [1.82, 2.24) is 9.88 Å². The number of hydrogen-bond acceptors (Lipinski definition) is 5. The second-order valence-electron chi connectivity index (χ2n) is 7.19. The summed E-state index contributed by atoms with van der Waals surface area (Å²) in [7, 11) is 2.08. The van der Waals surface area contributed by atoms with Crippen molar-refractivity contribution in [2.75, 3.05) is 20.1 Å². The molecule has 0 atom stereocenters. The normalized spacial score (nSPS) is 19.0. The average Bonchev–Trinajstić information content (AvgIpc) is 2.64. The number of carbonyl (C=O) groups excluding carboxylic acids is 1. The second kappa shape index (κ2) is 6.21. The predicted octanol–water partition coefficient (Wildman–Crippen LogP) is 2.62. The van der Waals surface area contributed by atoms with Gasteiger partial charge in [0.15, 0.2) is 0 Å². The van der Waals surface area contributed by atoms with Gasteiger partial charge in [0.1, 0.15) is 5.60 Å². The summed E-state index contributed by atoms with van der Waals surface area (Å²) in [6, 6.07) is 7.22. The lowest BCUT2D eigenvalue weighted by Crippen LogP contribution is -2.49. The molecule has 1 saturated heterocycles. The Morgan fingerprint density at radius 2 is 1.96 bits per heavy atom. The van der Waals surface area contributed by atoms with Crippen molar-refractivity contribution in [2.24, 2.45) is 0 Å². The number of carboxylic acids is 1. The maximum Gasteiger partial charge on any atom is 0.338 e. The highest BCUT2D eigenvalue weighted by molar-refractivity contribution is 5.94. The topological polar surface area (TPSA) is 79.7 Å². The molecule has 2 aliphatic heterocycles. The number of aromatic nitrogens is 1. The van der Waals surface area contributed by atoms with E-state index in [-0.39, 0.29) is 17.1 Å². The third-order valence-electron chi connectivity index (χ3n) is 5.37. The molecule has 2 aliphatic rings. The van der Waals surface area contributed by atoms with Crippen LogP contribution in [0.5, 0.6) is 0 Å². The number of carboxylic acid groups (broad SMARTS) is 1. The van der Waals surface area contributed by atoms with Gasteiger partial charge in [-0.2, -0.15) is 0 Å². The van der Waals surface area contributed by atoms with E-state index in [1.165, 1.54) is 6.20 Å². The quantitative estimate of drug-likeness (QED) is 0.837. The van der Waals surface area contributed by atoms with Crippen LogP contribution in [0.3, 0.4) is 0 Å². The van der Waals surface area contributed by atoms with Gasteiger partial charge in [0.25, 0.3) is 0 Å². The molecule has 134 valence electrons. The summed E-state index contributed by atoms with van der Waals surface area (Å²) in [5.41, 5.74) is 2.72. The molecule has 4 rings (SSSR count). The highest BCUT2D eigenvalue weighted by atomic mass is 16.6. The van der Waals surface area contributed by atoms with E-state index in [0.717, 1.165) is 43.5 Å². The Balaban J connectivity index is 1.66. The van der Waals surface area contributed by atoms with E-state index in [9.17, 15) is 9.59 Å². The van der Waals surface area contributed by atoms with Gasteiger partial charge in [0, 0.05) is 50.3 Å². The van der Waals surface area contributed by atoms with E-state index < -0.39 is 5.97 Å². The number of nitrogens with zero attached hydrogens (tertiary/aromatic N) is 2. The number of ether oxygens (including phenoxy) is 1. The van der Waals surface area contributed by atoms with Crippen LogP contribution in [0, 0.1) is 0 Å². The first kappa shape index (κ1) is 16.7. The smallest absolute Gasteiger partial charge is 0.338 e. The lowest BCUT2D eigenvalue weighted by atomic mass is 9.81. The van der Waals surface area contributed by atoms with Crippen molar-refractivity contribution in [1.29, 1.82) is 0 Å². The van der Waals surface area contributed by atoms with Crippen molar-refractivity contribution in [3.05, 3.63) is 53.3 Å². The highest BCUT2D eigenvalue weighted by Gasteiger charge is 2.42. The van der Waals surface area contributed by atoms with Crippen molar-refractivity contribution < 1.29 is 19.4 Å². The minimum Gasteiger partial charge on any atom is -0.478 e. The summed E-state index contributed by atoms with van der Waals surface area (Å²) in [6.07, 6.45) is 5.33. The van der Waals surface area contributed by atoms with E-state index in [1.54, 1.807) is 18.3 Å². The summed E-state index contributed by atoms with van der Waals surface area (Å²) in [6.45, 7) is 1.85. The maximum absolute atomic E-state index is 12.7. The fraction of sp³-hybridized carbons (Fsp3) is 0.350. The van der Waals surface area contributed by atoms with Crippen molar-refractivity contribution in [3.63, 3.8) is 0 Å². The van der Waals surface area contributed by atoms with Gasteiger partial charge in [-0.05, 0) is 30.3 Å². The van der Waals surface area contributed by atoms with Crippen LogP contribution in [-0.2, 0) is 11.2 Å². The first-order valence-electron chi connectivity index (χ1n) is 8.69. The Morgan fingerprint density at radius 1 is 1.19 bits per heavy atom. The largest absolute Gasteiger partial charge is 0.478 e. The molecule has 6 heteroatoms. The summed E-state index contributed by atoms with van der Waals surface area (Å²) in [5, 5.41) is 9.13. The minimum absolute atomic E-state index is 0.119. The molecule has 0 radical (unpaired) electrons. The molecule has 1 spiro atoms. The monoisotopic (exact) mass is 352 g/mol. The summed E-state index contributed by atoms with van der Waals surface area (Å²) >= 11 is 0. The number of piperidine rings is 1. The molecule has 1 fully saturated rings. The Bertz CT molecular complexity index is 885. The van der Waals surface area contributed by atoms with E-state index >= 15 is 0 Å². The van der Waals surface area contributed by atoms with Gasteiger partial charge in [-0.15, -0.1) is 0 Å². The number of pyridine rings is 1. The molecule has 26 heavy (non-hydrogen) atoms. The van der Waals surface area contributed by atoms with Crippen LogP contribution in [0.25, 0.3) is 11.1 Å². The average molecular weight is 352 g/mol. The van der Waals surface area contributed by atoms with Gasteiger partial charge in [-0.25, -0.2) is 9.59 Å². The molecule has 0 saturated carbocycles. The van der Waals surface area contributed by atoms with Crippen molar-refractivity contribution in [3.8, 4) is 11.1 Å². The first-order chi connectivity index (χ1) is 12.5. The zero-order valence-corrected chi connectivity index (χ0v) is 14.6. The van der Waals surface area contributed by atoms with Gasteiger partial charge in [0.05, 0.1) is 11.1 Å². The van der Waals surface area contributed by atoms with Crippen LogP contribution in [-0.4, -0.2) is 52.7 Å². The highest BCUT2D eigenvalue weighted by Crippen LogP contribution is 2.37. The van der Waals surface area contributed by atoms with Crippen LogP contribution >= 0.6 is 0 Å². The fourth-order valence-corrected chi connectivity index (χ4v) is 3.75. The summed E-state index contributed by atoms with van der Waals surface area (Å²) in [5.74, 6) is -1.32. The number of carbonyl (C=O) groups is 2. The molecule has 1 N–H and O–H groups in total. The van der Waals surface area contributed by atoms with E-state index in [4.69, 9.17) is 9.84 Å². The second-order valence-corrected chi connectivity index (χ2v) is 7.19. The lowest BCUT2D eigenvalue weighted by Gasteiger charge is -2.42. The zero-order chi connectivity index (χ0) is 18.3. The zero-order valence-electron chi connectivity index (χ0n) is 14.6. The summed E-state index contributed by atoms with van der Waals surface area (Å²) in [4.78, 5) is 30.0. The molecule has 0 bridgehead atoms. The van der Waals surface area contributed by atoms with Crippen LogP contribution in [0.15, 0.2) is 36.7 Å². The Kier molecular flexibility index (Phi) is 4.00. The van der Waals surface area contributed by atoms with Gasteiger partial charge >= 0.3 is 11.9 Å². The minimum atomic E-state index is -1.03. The lowest BCUT2D eigenvalue weighted by molar-refractivity contribution is -0.0535. The molecule has 2 aromatic rings. The van der Waals surface area contributed by atoms with E-state index in [0.29, 0.717) is 11.1 Å². The Labute approximate surface area is 151 Å². The van der Waals surface area contributed by atoms with Crippen LogP contribution in [0.2, 0.25) is 0 Å². The Hall–Kier alpha value is -2.73. The number of hydrogen-bond donors (Lipinski definition) is 1. The van der Waals surface area contributed by atoms with Gasteiger partial charge in [-0.3, -0.25) is 4.98 Å². The SMILES string of the molecule is CN1CCC2(CC1)Cc1ccc(-c3cncc(C(=O)O)c3)cc1C(=O)O2. The van der Waals surface area contributed by atoms with Crippen molar-refractivity contribution >= 4 is 11.9 Å². The maximum atomic E-state index is 12.7. The molecule has 0 amide bonds. The standard InChI is InChI=1S/C20H20N2O4/c1-22-6-4-20(5-7-22)10-14-3-2-13(9-17(14)19(25)26-20)15-8-16(18(23)24)12-21-11-15/h2-3,8-9,11-12H,4-7,10H2,1H3,(H,23,24). The molecule has 1 aromatic heterocycles. The van der Waals surface area contributed by atoms with Gasteiger partial charge in [-0.1, -0.05) is 12.1 Å². The fourth-order valence-electron chi connectivity index (χ4n) is 3.75. The third-order valence-corrected chi connectivity index (χ3v) is 5.37. The predicted molar refractivity (Wildman–Crippen MR) is 95.2 cm³/mol. The number of fused-ring (bicyclic) bond motifs is 1. The van der Waals surface area contributed by atoms with Crippen LogP contribution in [0.1, 0.15) is 39.1 Å². The number of rotatable bonds is 2. The molecular formula is C20H20N2O4. The number of likely N-dealkylation sites (tertiary alicyclic amines) is 1. The molecule has 0 unspecified atom stereocenters. The molecule has 3 heterocycles. The van der Waals surface area contributed by atoms with Crippen LogP contribution < -0.4 is 0 Å². The number of benzene rings is 1. The van der Waals surface area contributed by atoms with Crippen molar-refractivity contribution in [2.45, 2.75) is 24.9 Å². The molecule has 1 aromatic carbocycles. The van der Waals surface area contributed by atoms with Gasteiger partial charge in [0.2, 0.25) is 0 Å². The van der Waals surface area contributed by atoms with E-state index in [1.807, 2.05) is 12.1 Å². The third kappa shape index (κ3) is 2.97. The van der Waals surface area contributed by atoms with E-state index in [2.05, 4.69) is 16.9 Å². The molecular weight excluding hydrogens is 332 g/mol. The first-order valence-corrected chi connectivity index (χ1v) is 8.69. The number of aromatic carboxylic acids is 1. The Morgan fingerprint density at radius 3 is 2.69 bits per heavy atom.